The number of hydrogen-bond acceptors (Lipinski definition) is 2. The van der Waals surface area contributed by atoms with Crippen LogP contribution in [0.4, 0.5) is 5.69 Å². The van der Waals surface area contributed by atoms with Gasteiger partial charge in [-0.05, 0) is 62.2 Å². The minimum absolute atomic E-state index is 0.252. The Bertz CT molecular complexity index is 427. The van der Waals surface area contributed by atoms with Crippen LogP contribution in [0.25, 0.3) is 0 Å². The summed E-state index contributed by atoms with van der Waals surface area (Å²) in [6.45, 7) is 5.71. The number of likely N-dealkylation sites (tertiary alicyclic amines) is 1. The zero-order valence-corrected chi connectivity index (χ0v) is 11.8. The number of piperidine rings is 1. The smallest absolute Gasteiger partial charge is 0.173 e. The van der Waals surface area contributed by atoms with Crippen molar-refractivity contribution >= 4 is 23.0 Å². The molecule has 1 aliphatic rings. The summed E-state index contributed by atoms with van der Waals surface area (Å²) in [5, 5.41) is 13.6. The Morgan fingerprint density at radius 3 is 2.61 bits per heavy atom. The number of aryl methyl sites for hydroxylation is 2. The van der Waals surface area contributed by atoms with E-state index >= 15 is 0 Å². The van der Waals surface area contributed by atoms with E-state index in [-0.39, 0.29) is 6.10 Å². The molecular weight excluding hydrogens is 244 g/mol. The highest BCUT2D eigenvalue weighted by atomic mass is 32.1. The predicted octanol–water partition coefficient (Wildman–Crippen LogP) is 2.46. The zero-order chi connectivity index (χ0) is 13.1. The first kappa shape index (κ1) is 13.3. The van der Waals surface area contributed by atoms with Gasteiger partial charge in [0.1, 0.15) is 0 Å². The van der Waals surface area contributed by atoms with E-state index in [2.05, 4.69) is 37.4 Å². The lowest BCUT2D eigenvalue weighted by molar-refractivity contribution is 0.104. The molecule has 2 rings (SSSR count). The van der Waals surface area contributed by atoms with Crippen LogP contribution in [0.1, 0.15) is 24.0 Å². The molecule has 0 spiro atoms. The van der Waals surface area contributed by atoms with Crippen LogP contribution in [0, 0.1) is 13.8 Å². The van der Waals surface area contributed by atoms with Crippen LogP contribution >= 0.6 is 12.2 Å². The largest absolute Gasteiger partial charge is 0.391 e. The van der Waals surface area contributed by atoms with E-state index in [1.54, 1.807) is 0 Å². The molecule has 0 unspecified atom stereocenters. The van der Waals surface area contributed by atoms with E-state index < -0.39 is 0 Å². The Labute approximate surface area is 114 Å². The van der Waals surface area contributed by atoms with Crippen LogP contribution in [-0.2, 0) is 0 Å². The van der Waals surface area contributed by atoms with Crippen LogP contribution < -0.4 is 5.32 Å². The highest BCUT2D eigenvalue weighted by Crippen LogP contribution is 2.16. The van der Waals surface area contributed by atoms with Gasteiger partial charge < -0.3 is 15.3 Å². The molecule has 0 bridgehead atoms. The molecule has 0 radical (unpaired) electrons. The molecule has 4 heteroatoms. The SMILES string of the molecule is Cc1cc(C)cc(NC(=S)N2CCC[C@@H](O)C2)c1. The molecule has 0 aliphatic carbocycles. The second kappa shape index (κ2) is 5.67. The summed E-state index contributed by atoms with van der Waals surface area (Å²) in [6, 6.07) is 6.30. The van der Waals surface area contributed by atoms with Gasteiger partial charge in [0.05, 0.1) is 6.10 Å². The molecule has 3 nitrogen and oxygen atoms in total. The predicted molar refractivity (Wildman–Crippen MR) is 79.0 cm³/mol. The number of anilines is 1. The topological polar surface area (TPSA) is 35.5 Å². The number of nitrogens with one attached hydrogen (secondary N) is 1. The molecule has 1 aromatic carbocycles. The highest BCUT2D eigenvalue weighted by molar-refractivity contribution is 7.80. The Kier molecular flexibility index (Phi) is 4.19. The second-order valence-corrected chi connectivity index (χ2v) is 5.44. The van der Waals surface area contributed by atoms with Crippen molar-refractivity contribution in [3.05, 3.63) is 29.3 Å². The third kappa shape index (κ3) is 3.43. The van der Waals surface area contributed by atoms with Crippen molar-refractivity contribution in [2.24, 2.45) is 0 Å². The standard InChI is InChI=1S/C14H20N2OS/c1-10-6-11(2)8-12(7-10)15-14(18)16-5-3-4-13(17)9-16/h6-8,13,17H,3-5,9H2,1-2H3,(H,15,18)/t13-/m1/s1. The molecule has 0 amide bonds. The summed E-state index contributed by atoms with van der Waals surface area (Å²) < 4.78 is 0. The summed E-state index contributed by atoms with van der Waals surface area (Å²) in [4.78, 5) is 2.04. The third-order valence-electron chi connectivity index (χ3n) is 3.16. The molecule has 98 valence electrons. The average molecular weight is 264 g/mol. The zero-order valence-electron chi connectivity index (χ0n) is 10.9. The van der Waals surface area contributed by atoms with Crippen LogP contribution in [0.15, 0.2) is 18.2 Å². The average Bonchev–Trinajstić information content (AvgIpc) is 2.27. The second-order valence-electron chi connectivity index (χ2n) is 5.05. The van der Waals surface area contributed by atoms with Crippen molar-refractivity contribution in [3.63, 3.8) is 0 Å². The lowest BCUT2D eigenvalue weighted by Gasteiger charge is -2.32. The number of nitrogens with zero attached hydrogens (tertiary/aromatic N) is 1. The van der Waals surface area contributed by atoms with Gasteiger partial charge in [-0.15, -0.1) is 0 Å². The normalized spacial score (nSPS) is 19.7. The molecule has 2 N–H and O–H groups in total. The summed E-state index contributed by atoms with van der Waals surface area (Å²) in [5.41, 5.74) is 3.47. The van der Waals surface area contributed by atoms with E-state index in [4.69, 9.17) is 12.2 Å². The Hall–Kier alpha value is -1.13. The van der Waals surface area contributed by atoms with E-state index in [9.17, 15) is 5.11 Å². The number of hydrogen-bond donors (Lipinski definition) is 2. The van der Waals surface area contributed by atoms with Crippen molar-refractivity contribution in [3.8, 4) is 0 Å². The van der Waals surface area contributed by atoms with Gasteiger partial charge in [-0.2, -0.15) is 0 Å². The maximum atomic E-state index is 9.65. The summed E-state index contributed by atoms with van der Waals surface area (Å²) in [7, 11) is 0. The quantitative estimate of drug-likeness (QED) is 0.764. The molecule has 1 fully saturated rings. The molecule has 18 heavy (non-hydrogen) atoms. The summed E-state index contributed by atoms with van der Waals surface area (Å²) in [6.07, 6.45) is 1.62. The Balaban J connectivity index is 2.02. The number of aliphatic hydroxyl groups excluding tert-OH is 1. The van der Waals surface area contributed by atoms with E-state index in [1.165, 1.54) is 11.1 Å². The molecule has 0 saturated carbocycles. The van der Waals surface area contributed by atoms with Gasteiger partial charge in [0.2, 0.25) is 0 Å². The summed E-state index contributed by atoms with van der Waals surface area (Å²) in [5.74, 6) is 0. The van der Waals surface area contributed by atoms with Gasteiger partial charge in [0, 0.05) is 18.8 Å². The minimum atomic E-state index is -0.252. The van der Waals surface area contributed by atoms with Crippen molar-refractivity contribution in [1.82, 2.24) is 4.90 Å². The van der Waals surface area contributed by atoms with E-state index in [0.29, 0.717) is 11.7 Å². The number of aliphatic hydroxyl groups is 1. The van der Waals surface area contributed by atoms with Gasteiger partial charge >= 0.3 is 0 Å². The highest BCUT2D eigenvalue weighted by Gasteiger charge is 2.19. The van der Waals surface area contributed by atoms with E-state index in [1.807, 2.05) is 4.90 Å². The van der Waals surface area contributed by atoms with Gasteiger partial charge in [-0.25, -0.2) is 0 Å². The first-order valence-electron chi connectivity index (χ1n) is 6.37. The van der Waals surface area contributed by atoms with Crippen molar-refractivity contribution < 1.29 is 5.11 Å². The molecular formula is C14H20N2OS. The van der Waals surface area contributed by atoms with Crippen molar-refractivity contribution in [2.45, 2.75) is 32.8 Å². The van der Waals surface area contributed by atoms with Crippen LogP contribution in [0.5, 0.6) is 0 Å². The number of thiocarbonyl (C=S) groups is 1. The fourth-order valence-electron chi connectivity index (χ4n) is 2.39. The lowest BCUT2D eigenvalue weighted by Crippen LogP contribution is -2.44. The van der Waals surface area contributed by atoms with E-state index in [0.717, 1.165) is 25.1 Å². The van der Waals surface area contributed by atoms with Crippen LogP contribution in [0.3, 0.4) is 0 Å². The van der Waals surface area contributed by atoms with Crippen molar-refractivity contribution in [1.29, 1.82) is 0 Å². The maximum Gasteiger partial charge on any atom is 0.173 e. The first-order chi connectivity index (χ1) is 8.54. The Morgan fingerprint density at radius 1 is 1.33 bits per heavy atom. The number of β-amino-alcohol motifs (C(OH)–C–C–N with tert-alkyl or cyclic N) is 1. The molecule has 1 heterocycles. The molecule has 1 atom stereocenters. The summed E-state index contributed by atoms with van der Waals surface area (Å²) >= 11 is 5.40. The molecule has 1 aliphatic heterocycles. The van der Waals surface area contributed by atoms with Gasteiger partial charge in [-0.3, -0.25) is 0 Å². The molecule has 0 aromatic heterocycles. The minimum Gasteiger partial charge on any atom is -0.391 e. The lowest BCUT2D eigenvalue weighted by atomic mass is 10.1. The number of benzene rings is 1. The Morgan fingerprint density at radius 2 is 2.00 bits per heavy atom. The fraction of sp³-hybridized carbons (Fsp3) is 0.500. The fourth-order valence-corrected chi connectivity index (χ4v) is 2.67. The third-order valence-corrected chi connectivity index (χ3v) is 3.52. The monoisotopic (exact) mass is 264 g/mol. The van der Waals surface area contributed by atoms with Crippen LogP contribution in [-0.4, -0.2) is 34.3 Å². The van der Waals surface area contributed by atoms with Gasteiger partial charge in [-0.1, -0.05) is 6.07 Å². The molecule has 1 aromatic rings. The van der Waals surface area contributed by atoms with Gasteiger partial charge in [0.15, 0.2) is 5.11 Å². The van der Waals surface area contributed by atoms with Crippen molar-refractivity contribution in [2.75, 3.05) is 18.4 Å². The van der Waals surface area contributed by atoms with Gasteiger partial charge in [0.25, 0.3) is 0 Å². The molecule has 1 saturated heterocycles. The maximum absolute atomic E-state index is 9.65. The number of rotatable bonds is 1. The van der Waals surface area contributed by atoms with Crippen LogP contribution in [0.2, 0.25) is 0 Å². The first-order valence-corrected chi connectivity index (χ1v) is 6.78.